The Morgan fingerprint density at radius 3 is 2.77 bits per heavy atom. The van der Waals surface area contributed by atoms with Crippen molar-refractivity contribution in [1.82, 2.24) is 5.32 Å². The van der Waals surface area contributed by atoms with Crippen LogP contribution in [0.1, 0.15) is 17.2 Å². The topological polar surface area (TPSA) is 31.2 Å². The summed E-state index contributed by atoms with van der Waals surface area (Å²) < 4.78 is 5.33. The molecule has 70 valence electrons. The Kier molecular flexibility index (Phi) is 2.18. The summed E-state index contributed by atoms with van der Waals surface area (Å²) in [5.41, 5.74) is 2.27. The maximum Gasteiger partial charge on any atom is 0.126 e. The highest BCUT2D eigenvalue weighted by molar-refractivity contribution is 6.30. The van der Waals surface area contributed by atoms with Crippen LogP contribution in [0.15, 0.2) is 12.1 Å². The summed E-state index contributed by atoms with van der Waals surface area (Å²) in [6.45, 7) is 3.03. The lowest BCUT2D eigenvalue weighted by atomic mass is 10.1. The second-order valence-corrected chi connectivity index (χ2v) is 3.74. The van der Waals surface area contributed by atoms with Crippen molar-refractivity contribution < 1.29 is 4.74 Å². The Hall–Kier alpha value is -0.730. The summed E-state index contributed by atoms with van der Waals surface area (Å²) >= 11 is 5.97. The Balaban J connectivity index is 2.50. The van der Waals surface area contributed by atoms with Crippen molar-refractivity contribution in [2.24, 2.45) is 0 Å². The molecule has 1 aromatic carbocycles. The molecule has 1 aliphatic rings. The van der Waals surface area contributed by atoms with Crippen molar-refractivity contribution in [3.8, 4) is 5.75 Å². The molecule has 2 nitrogen and oxygen atoms in total. The fraction of sp³-hybridized carbons (Fsp3) is 0.400. The van der Waals surface area contributed by atoms with E-state index in [2.05, 4.69) is 5.32 Å². The van der Waals surface area contributed by atoms with Crippen molar-refractivity contribution in [2.75, 3.05) is 13.7 Å². The van der Waals surface area contributed by atoms with Crippen LogP contribution in [0.3, 0.4) is 0 Å². The standard InChI is InChI=1S/C10H12ClNO/c1-6-3-7(11)4-8(9-5-12-9)10(6)13-2/h3-4,9,12H,5H2,1-2H3. The van der Waals surface area contributed by atoms with Crippen LogP contribution < -0.4 is 10.1 Å². The summed E-state index contributed by atoms with van der Waals surface area (Å²) in [5.74, 6) is 0.958. The first-order chi connectivity index (χ1) is 6.22. The van der Waals surface area contributed by atoms with Gasteiger partial charge in [0.05, 0.1) is 7.11 Å². The number of nitrogens with one attached hydrogen (secondary N) is 1. The zero-order valence-corrected chi connectivity index (χ0v) is 8.48. The van der Waals surface area contributed by atoms with Gasteiger partial charge in [-0.1, -0.05) is 11.6 Å². The minimum Gasteiger partial charge on any atom is -0.496 e. The van der Waals surface area contributed by atoms with Crippen molar-refractivity contribution in [1.29, 1.82) is 0 Å². The third kappa shape index (κ3) is 1.64. The second-order valence-electron chi connectivity index (χ2n) is 3.31. The van der Waals surface area contributed by atoms with Gasteiger partial charge in [0.2, 0.25) is 0 Å². The van der Waals surface area contributed by atoms with E-state index in [-0.39, 0.29) is 0 Å². The first kappa shape index (κ1) is 8.85. The number of rotatable bonds is 2. The van der Waals surface area contributed by atoms with Crippen molar-refractivity contribution in [3.63, 3.8) is 0 Å². The fourth-order valence-corrected chi connectivity index (χ4v) is 1.85. The molecule has 0 aliphatic carbocycles. The normalized spacial score (nSPS) is 20.1. The van der Waals surface area contributed by atoms with E-state index in [4.69, 9.17) is 16.3 Å². The van der Waals surface area contributed by atoms with Gasteiger partial charge < -0.3 is 10.1 Å². The third-order valence-electron chi connectivity index (χ3n) is 2.26. The van der Waals surface area contributed by atoms with Crippen LogP contribution in [0.5, 0.6) is 5.75 Å². The molecule has 3 heteroatoms. The molecule has 1 atom stereocenters. The summed E-state index contributed by atoms with van der Waals surface area (Å²) in [5, 5.41) is 4.02. The molecule has 13 heavy (non-hydrogen) atoms. The van der Waals surface area contributed by atoms with Crippen LogP contribution in [0, 0.1) is 6.92 Å². The van der Waals surface area contributed by atoms with E-state index < -0.39 is 0 Å². The van der Waals surface area contributed by atoms with Crippen LogP contribution in [-0.2, 0) is 0 Å². The molecule has 0 spiro atoms. The van der Waals surface area contributed by atoms with Gasteiger partial charge in [-0.15, -0.1) is 0 Å². The molecule has 1 unspecified atom stereocenters. The highest BCUT2D eigenvalue weighted by atomic mass is 35.5. The summed E-state index contributed by atoms with van der Waals surface area (Å²) in [4.78, 5) is 0. The van der Waals surface area contributed by atoms with E-state index in [1.54, 1.807) is 7.11 Å². The summed E-state index contributed by atoms with van der Waals surface area (Å²) in [6.07, 6.45) is 0. The molecule has 1 heterocycles. The molecule has 0 radical (unpaired) electrons. The highest BCUT2D eigenvalue weighted by Gasteiger charge is 2.26. The number of hydrogen-bond donors (Lipinski definition) is 1. The molecular weight excluding hydrogens is 186 g/mol. The molecule has 1 N–H and O–H groups in total. The molecule has 1 fully saturated rings. The number of ether oxygens (including phenoxy) is 1. The Labute approximate surface area is 82.9 Å². The van der Waals surface area contributed by atoms with Crippen molar-refractivity contribution >= 4 is 11.6 Å². The van der Waals surface area contributed by atoms with E-state index in [9.17, 15) is 0 Å². The van der Waals surface area contributed by atoms with Crippen LogP contribution in [0.25, 0.3) is 0 Å². The minimum atomic E-state index is 0.437. The molecule has 0 bridgehead atoms. The zero-order chi connectivity index (χ0) is 9.42. The molecule has 0 saturated carbocycles. The van der Waals surface area contributed by atoms with E-state index in [1.165, 1.54) is 5.56 Å². The van der Waals surface area contributed by atoms with Gasteiger partial charge in [-0.2, -0.15) is 0 Å². The lowest BCUT2D eigenvalue weighted by Gasteiger charge is -2.10. The largest absolute Gasteiger partial charge is 0.496 e. The first-order valence-corrected chi connectivity index (χ1v) is 4.67. The number of benzene rings is 1. The monoisotopic (exact) mass is 197 g/mol. The van der Waals surface area contributed by atoms with E-state index in [0.29, 0.717) is 6.04 Å². The summed E-state index contributed by atoms with van der Waals surface area (Å²) in [7, 11) is 1.70. The fourth-order valence-electron chi connectivity index (χ4n) is 1.57. The van der Waals surface area contributed by atoms with Crippen LogP contribution in [0.4, 0.5) is 0 Å². The average molecular weight is 198 g/mol. The molecule has 1 aromatic rings. The Morgan fingerprint density at radius 1 is 1.54 bits per heavy atom. The lowest BCUT2D eigenvalue weighted by Crippen LogP contribution is -1.95. The molecule has 1 aliphatic heterocycles. The number of halogens is 1. The predicted octanol–water partition coefficient (Wildman–Crippen LogP) is 2.30. The van der Waals surface area contributed by atoms with Gasteiger partial charge in [-0.25, -0.2) is 0 Å². The molecular formula is C10H12ClNO. The maximum atomic E-state index is 5.97. The Morgan fingerprint density at radius 2 is 2.23 bits per heavy atom. The molecule has 0 amide bonds. The second kappa shape index (κ2) is 3.20. The van der Waals surface area contributed by atoms with Gasteiger partial charge in [0.1, 0.15) is 5.75 Å². The number of methoxy groups -OCH3 is 1. The third-order valence-corrected chi connectivity index (χ3v) is 2.47. The van der Waals surface area contributed by atoms with Gasteiger partial charge in [-0.3, -0.25) is 0 Å². The zero-order valence-electron chi connectivity index (χ0n) is 7.73. The van der Waals surface area contributed by atoms with E-state index in [1.807, 2.05) is 19.1 Å². The van der Waals surface area contributed by atoms with Gasteiger partial charge in [0, 0.05) is 23.2 Å². The van der Waals surface area contributed by atoms with Crippen LogP contribution in [-0.4, -0.2) is 13.7 Å². The van der Waals surface area contributed by atoms with Gasteiger partial charge >= 0.3 is 0 Å². The van der Waals surface area contributed by atoms with Gasteiger partial charge in [-0.05, 0) is 24.6 Å². The SMILES string of the molecule is COc1c(C)cc(Cl)cc1C1CN1. The van der Waals surface area contributed by atoms with E-state index in [0.717, 1.165) is 22.9 Å². The first-order valence-electron chi connectivity index (χ1n) is 4.30. The average Bonchev–Trinajstić information content (AvgIpc) is 2.85. The quantitative estimate of drug-likeness (QED) is 0.738. The number of aryl methyl sites for hydroxylation is 1. The lowest BCUT2D eigenvalue weighted by molar-refractivity contribution is 0.406. The molecule has 0 aromatic heterocycles. The number of hydrogen-bond acceptors (Lipinski definition) is 2. The van der Waals surface area contributed by atoms with E-state index >= 15 is 0 Å². The maximum absolute atomic E-state index is 5.97. The molecule has 2 rings (SSSR count). The Bertz CT molecular complexity index is 334. The predicted molar refractivity (Wildman–Crippen MR) is 53.5 cm³/mol. The highest BCUT2D eigenvalue weighted by Crippen LogP contribution is 2.35. The molecule has 1 saturated heterocycles. The van der Waals surface area contributed by atoms with Crippen LogP contribution >= 0.6 is 11.6 Å². The smallest absolute Gasteiger partial charge is 0.126 e. The van der Waals surface area contributed by atoms with Gasteiger partial charge in [0.25, 0.3) is 0 Å². The van der Waals surface area contributed by atoms with Crippen LogP contribution in [0.2, 0.25) is 5.02 Å². The minimum absolute atomic E-state index is 0.437. The van der Waals surface area contributed by atoms with Crippen molar-refractivity contribution in [3.05, 3.63) is 28.3 Å². The van der Waals surface area contributed by atoms with Crippen molar-refractivity contribution in [2.45, 2.75) is 13.0 Å². The van der Waals surface area contributed by atoms with Gasteiger partial charge in [0.15, 0.2) is 0 Å². The summed E-state index contributed by atoms with van der Waals surface area (Å²) in [6, 6.07) is 4.33.